The highest BCUT2D eigenvalue weighted by molar-refractivity contribution is 6.59. The molecule has 0 spiro atoms. The third-order valence-corrected chi connectivity index (χ3v) is 2.66. The fourth-order valence-electron chi connectivity index (χ4n) is 1.91. The molecule has 0 aliphatic heterocycles. The predicted octanol–water partition coefficient (Wildman–Crippen LogP) is 0.810. The second-order valence-corrected chi connectivity index (χ2v) is 5.50. The summed E-state index contributed by atoms with van der Waals surface area (Å²) in [6.45, 7) is 5.13. The Morgan fingerprint density at radius 3 is 2.45 bits per heavy atom. The molecule has 0 aliphatic rings. The van der Waals surface area contributed by atoms with Gasteiger partial charge < -0.3 is 19.9 Å². The van der Waals surface area contributed by atoms with Gasteiger partial charge in [-0.1, -0.05) is 0 Å². The number of nitrogens with zero attached hydrogens (tertiary/aromatic N) is 1. The molecule has 7 heteroatoms. The summed E-state index contributed by atoms with van der Waals surface area (Å²) >= 11 is 0. The van der Waals surface area contributed by atoms with Gasteiger partial charge in [0.1, 0.15) is 11.4 Å². The fourth-order valence-corrected chi connectivity index (χ4v) is 1.91. The zero-order chi connectivity index (χ0) is 15.1. The van der Waals surface area contributed by atoms with Gasteiger partial charge in [-0.15, -0.1) is 0 Å². The molecule has 0 saturated carbocycles. The maximum absolute atomic E-state index is 12.2. The van der Waals surface area contributed by atoms with Crippen molar-refractivity contribution in [2.75, 3.05) is 0 Å². The summed E-state index contributed by atoms with van der Waals surface area (Å²) in [6, 6.07) is 5.86. The lowest BCUT2D eigenvalue weighted by Crippen LogP contribution is -2.40. The minimum absolute atomic E-state index is 0.0140. The molecule has 0 amide bonds. The number of phenols is 1. The van der Waals surface area contributed by atoms with E-state index < -0.39 is 18.8 Å². The number of rotatable bonds is 1. The lowest BCUT2D eigenvalue weighted by molar-refractivity contribution is 0.0548. The van der Waals surface area contributed by atoms with Gasteiger partial charge in [-0.3, -0.25) is 4.57 Å². The van der Waals surface area contributed by atoms with Crippen LogP contribution < -0.4 is 5.59 Å². The minimum atomic E-state index is -1.82. The van der Waals surface area contributed by atoms with Gasteiger partial charge in [0.15, 0.2) is 0 Å². The molecular formula is C13H16BNO5. The summed E-state index contributed by atoms with van der Waals surface area (Å²) in [5.74, 6) is -0.0283. The molecule has 1 heterocycles. The molecule has 106 valence electrons. The van der Waals surface area contributed by atoms with Crippen molar-refractivity contribution < 1.29 is 24.7 Å². The van der Waals surface area contributed by atoms with E-state index in [9.17, 15) is 19.9 Å². The van der Waals surface area contributed by atoms with E-state index in [1.807, 2.05) is 0 Å². The van der Waals surface area contributed by atoms with Gasteiger partial charge >= 0.3 is 13.2 Å². The number of carbonyl (C=O) groups is 1. The van der Waals surface area contributed by atoms with Gasteiger partial charge in [-0.05, 0) is 39.0 Å². The molecule has 3 N–H and O–H groups in total. The zero-order valence-corrected chi connectivity index (χ0v) is 11.5. The van der Waals surface area contributed by atoms with Gasteiger partial charge in [-0.2, -0.15) is 0 Å². The Hall–Kier alpha value is -1.99. The van der Waals surface area contributed by atoms with Crippen molar-refractivity contribution in [3.05, 3.63) is 24.3 Å². The molecule has 2 rings (SSSR count). The molecule has 1 aromatic heterocycles. The summed E-state index contributed by atoms with van der Waals surface area (Å²) in [7, 11) is -1.82. The van der Waals surface area contributed by atoms with Gasteiger partial charge in [-0.25, -0.2) is 4.79 Å². The Balaban J connectivity index is 2.62. The van der Waals surface area contributed by atoms with Crippen molar-refractivity contribution in [1.29, 1.82) is 0 Å². The molecule has 2 aromatic rings. The second kappa shape index (κ2) is 4.84. The van der Waals surface area contributed by atoms with Crippen LogP contribution in [0.1, 0.15) is 20.8 Å². The summed E-state index contributed by atoms with van der Waals surface area (Å²) in [4.78, 5) is 12.2. The first kappa shape index (κ1) is 14.4. The number of aromatic hydroxyl groups is 1. The minimum Gasteiger partial charge on any atom is -0.508 e. The van der Waals surface area contributed by atoms with Crippen molar-refractivity contribution in [1.82, 2.24) is 4.57 Å². The lowest BCUT2D eigenvalue weighted by atomic mass is 9.86. The van der Waals surface area contributed by atoms with Crippen molar-refractivity contribution >= 4 is 29.7 Å². The molecule has 6 nitrogen and oxygen atoms in total. The number of fused-ring (bicyclic) bond motifs is 1. The maximum atomic E-state index is 12.2. The second-order valence-electron chi connectivity index (χ2n) is 5.50. The SMILES string of the molecule is CC(C)(C)OC(=O)n1c(B(O)O)cc2ccc(O)cc21. The molecule has 0 aliphatic carbocycles. The van der Waals surface area contributed by atoms with Gasteiger partial charge in [0.25, 0.3) is 0 Å². The van der Waals surface area contributed by atoms with Gasteiger partial charge in [0, 0.05) is 11.5 Å². The third-order valence-electron chi connectivity index (χ3n) is 2.66. The largest absolute Gasteiger partial charge is 0.508 e. The normalized spacial score (nSPS) is 11.7. The van der Waals surface area contributed by atoms with E-state index in [1.54, 1.807) is 26.8 Å². The van der Waals surface area contributed by atoms with E-state index in [4.69, 9.17) is 4.74 Å². The van der Waals surface area contributed by atoms with E-state index in [2.05, 4.69) is 0 Å². The van der Waals surface area contributed by atoms with Crippen molar-refractivity contribution in [2.45, 2.75) is 26.4 Å². The number of phenolic OH excluding ortho intramolecular Hbond substituents is 1. The van der Waals surface area contributed by atoms with E-state index >= 15 is 0 Å². The van der Waals surface area contributed by atoms with E-state index in [1.165, 1.54) is 18.2 Å². The van der Waals surface area contributed by atoms with Crippen LogP contribution in [0.25, 0.3) is 10.9 Å². The molecular weight excluding hydrogens is 261 g/mol. The van der Waals surface area contributed by atoms with Crippen LogP contribution in [0, 0.1) is 0 Å². The van der Waals surface area contributed by atoms with Gasteiger partial charge in [0.05, 0.1) is 11.1 Å². The Labute approximate surface area is 116 Å². The van der Waals surface area contributed by atoms with Crippen molar-refractivity contribution in [2.24, 2.45) is 0 Å². The number of hydrogen-bond donors (Lipinski definition) is 3. The average Bonchev–Trinajstić information content (AvgIpc) is 2.65. The van der Waals surface area contributed by atoms with Gasteiger partial charge in [0.2, 0.25) is 0 Å². The predicted molar refractivity (Wildman–Crippen MR) is 75.1 cm³/mol. The first-order valence-electron chi connectivity index (χ1n) is 6.13. The average molecular weight is 277 g/mol. The van der Waals surface area contributed by atoms with Crippen LogP contribution in [0.5, 0.6) is 5.75 Å². The first-order valence-corrected chi connectivity index (χ1v) is 6.13. The molecule has 0 unspecified atom stereocenters. The van der Waals surface area contributed by atoms with Crippen LogP contribution in [-0.4, -0.2) is 38.5 Å². The lowest BCUT2D eigenvalue weighted by Gasteiger charge is -2.21. The summed E-state index contributed by atoms with van der Waals surface area (Å²) in [6.07, 6.45) is -0.735. The molecule has 0 bridgehead atoms. The van der Waals surface area contributed by atoms with Crippen LogP contribution in [0.2, 0.25) is 0 Å². The molecule has 0 fully saturated rings. The Bertz CT molecular complexity index is 657. The molecule has 0 saturated heterocycles. The van der Waals surface area contributed by atoms with Crippen LogP contribution in [0.4, 0.5) is 4.79 Å². The maximum Gasteiger partial charge on any atom is 0.506 e. The Kier molecular flexibility index (Phi) is 3.49. The van der Waals surface area contributed by atoms with E-state index in [-0.39, 0.29) is 11.3 Å². The van der Waals surface area contributed by atoms with Crippen molar-refractivity contribution in [3.63, 3.8) is 0 Å². The van der Waals surface area contributed by atoms with Crippen LogP contribution in [-0.2, 0) is 4.74 Å². The summed E-state index contributed by atoms with van der Waals surface area (Å²) < 4.78 is 6.29. The molecule has 0 radical (unpaired) electrons. The van der Waals surface area contributed by atoms with Crippen molar-refractivity contribution in [3.8, 4) is 5.75 Å². The highest BCUT2D eigenvalue weighted by atomic mass is 16.6. The zero-order valence-electron chi connectivity index (χ0n) is 11.5. The van der Waals surface area contributed by atoms with Crippen LogP contribution in [0.15, 0.2) is 24.3 Å². The fraction of sp³-hybridized carbons (Fsp3) is 0.308. The number of aromatic nitrogens is 1. The summed E-state index contributed by atoms with van der Waals surface area (Å²) in [5, 5.41) is 28.9. The monoisotopic (exact) mass is 277 g/mol. The van der Waals surface area contributed by atoms with E-state index in [0.29, 0.717) is 10.9 Å². The smallest absolute Gasteiger partial charge is 0.506 e. The number of carbonyl (C=O) groups excluding carboxylic acids is 1. The van der Waals surface area contributed by atoms with Crippen LogP contribution in [0.3, 0.4) is 0 Å². The Morgan fingerprint density at radius 2 is 1.90 bits per heavy atom. The summed E-state index contributed by atoms with van der Waals surface area (Å²) in [5.41, 5.74) is -0.385. The highest BCUT2D eigenvalue weighted by Crippen LogP contribution is 2.21. The third kappa shape index (κ3) is 2.78. The topological polar surface area (TPSA) is 91.9 Å². The Morgan fingerprint density at radius 1 is 1.25 bits per heavy atom. The highest BCUT2D eigenvalue weighted by Gasteiger charge is 2.27. The van der Waals surface area contributed by atoms with E-state index in [0.717, 1.165) is 4.57 Å². The number of hydrogen-bond acceptors (Lipinski definition) is 5. The molecule has 0 atom stereocenters. The first-order chi connectivity index (χ1) is 9.19. The molecule has 20 heavy (non-hydrogen) atoms. The number of ether oxygens (including phenoxy) is 1. The molecule has 1 aromatic carbocycles. The van der Waals surface area contributed by atoms with Crippen LogP contribution >= 0.6 is 0 Å². The standard InChI is InChI=1S/C13H16BNO5/c1-13(2,3)20-12(17)15-10-7-9(16)5-4-8(10)6-11(15)14(18)19/h4-7,16,18-19H,1-3H3. The quantitative estimate of drug-likeness (QED) is 0.671. The number of benzene rings is 1.